The van der Waals surface area contributed by atoms with Gasteiger partial charge in [-0.05, 0) is 71.3 Å². The monoisotopic (exact) mass is 432 g/mol. The highest BCUT2D eigenvalue weighted by Crippen LogP contribution is 2.32. The number of hydrogen-bond acceptors (Lipinski definition) is 1. The van der Waals surface area contributed by atoms with Crippen LogP contribution < -0.4 is 0 Å². The third-order valence-corrected chi connectivity index (χ3v) is 5.34. The number of fused-ring (bicyclic) bond motifs is 1. The van der Waals surface area contributed by atoms with Crippen LogP contribution in [0.5, 0.6) is 0 Å². The molecule has 0 aliphatic carbocycles. The summed E-state index contributed by atoms with van der Waals surface area (Å²) in [4.78, 5) is 4.61. The molecule has 0 amide bonds. The molecule has 3 rings (SSSR count). The highest BCUT2D eigenvalue weighted by atomic mass is 127. The van der Waals surface area contributed by atoms with Gasteiger partial charge >= 0.3 is 0 Å². The van der Waals surface area contributed by atoms with E-state index in [4.69, 9.17) is 0 Å². The number of nitrogens with zero attached hydrogens (tertiary/aromatic N) is 2. The van der Waals surface area contributed by atoms with E-state index in [9.17, 15) is 0 Å². The lowest BCUT2D eigenvalue weighted by Gasteiger charge is -2.16. The molecule has 2 nitrogen and oxygen atoms in total. The molecule has 1 aromatic carbocycles. The Balaban J connectivity index is 1.99. The lowest BCUT2D eigenvalue weighted by molar-refractivity contribution is 0.567. The van der Waals surface area contributed by atoms with E-state index in [2.05, 4.69) is 82.4 Å². The molecule has 2 heterocycles. The van der Waals surface area contributed by atoms with Gasteiger partial charge in [0.25, 0.3) is 0 Å². The van der Waals surface area contributed by atoms with Crippen molar-refractivity contribution >= 4 is 33.5 Å². The molecule has 3 aromatic rings. The van der Waals surface area contributed by atoms with Crippen LogP contribution in [0, 0.1) is 3.57 Å². The summed E-state index contributed by atoms with van der Waals surface area (Å²) in [6.45, 7) is 4.62. The molecule has 0 saturated heterocycles. The van der Waals surface area contributed by atoms with E-state index < -0.39 is 0 Å². The largest absolute Gasteiger partial charge is 0.298 e. The highest BCUT2D eigenvalue weighted by Gasteiger charge is 2.16. The van der Waals surface area contributed by atoms with E-state index in [1.165, 1.54) is 52.3 Å². The average Bonchev–Trinajstić information content (AvgIpc) is 2.98. The first-order chi connectivity index (χ1) is 11.7. The average molecular weight is 432 g/mol. The van der Waals surface area contributed by atoms with Gasteiger partial charge < -0.3 is 0 Å². The summed E-state index contributed by atoms with van der Waals surface area (Å²) in [6.07, 6.45) is 8.39. The quantitative estimate of drug-likeness (QED) is 0.300. The minimum atomic E-state index is 0.536. The van der Waals surface area contributed by atoms with Crippen molar-refractivity contribution in [2.45, 2.75) is 51.9 Å². The van der Waals surface area contributed by atoms with Gasteiger partial charge in [0.2, 0.25) is 0 Å². The SMILES string of the molecule is CCCCCCC(C)c1cc2cc(I)ccc2n1-c1ccccn1. The molecule has 2 aromatic heterocycles. The predicted molar refractivity (Wildman–Crippen MR) is 111 cm³/mol. The first-order valence-corrected chi connectivity index (χ1v) is 10.0. The fourth-order valence-corrected chi connectivity index (χ4v) is 3.85. The Labute approximate surface area is 158 Å². The normalized spacial score (nSPS) is 12.6. The fraction of sp³-hybridized carbons (Fsp3) is 0.381. The van der Waals surface area contributed by atoms with Crippen molar-refractivity contribution in [2.24, 2.45) is 0 Å². The Bertz CT molecular complexity index is 792. The van der Waals surface area contributed by atoms with Crippen LogP contribution in [-0.4, -0.2) is 9.55 Å². The van der Waals surface area contributed by atoms with E-state index in [1.807, 2.05) is 12.3 Å². The number of unbranched alkanes of at least 4 members (excludes halogenated alkanes) is 3. The summed E-state index contributed by atoms with van der Waals surface area (Å²) in [5, 5.41) is 1.31. The van der Waals surface area contributed by atoms with Gasteiger partial charge in [0.05, 0.1) is 5.52 Å². The predicted octanol–water partition coefficient (Wildman–Crippen LogP) is 6.70. The van der Waals surface area contributed by atoms with E-state index in [1.54, 1.807) is 0 Å². The Kier molecular flexibility index (Phi) is 5.93. The summed E-state index contributed by atoms with van der Waals surface area (Å²) in [6, 6.07) is 15.2. The molecule has 0 saturated carbocycles. The zero-order valence-corrected chi connectivity index (χ0v) is 16.7. The molecule has 0 bridgehead atoms. The standard InChI is InChI=1S/C21H25IN2/c1-3-4-5-6-9-16(2)20-15-17-14-18(22)11-12-19(17)24(20)21-10-7-8-13-23-21/h7-8,10-16H,3-6,9H2,1-2H3. The van der Waals surface area contributed by atoms with Crippen molar-refractivity contribution in [1.82, 2.24) is 9.55 Å². The van der Waals surface area contributed by atoms with E-state index in [0.29, 0.717) is 5.92 Å². The number of rotatable bonds is 7. The molecular formula is C21H25IN2. The molecule has 0 radical (unpaired) electrons. The van der Waals surface area contributed by atoms with Crippen LogP contribution in [0.3, 0.4) is 0 Å². The van der Waals surface area contributed by atoms with Gasteiger partial charge in [-0.25, -0.2) is 4.98 Å². The summed E-state index contributed by atoms with van der Waals surface area (Å²) in [5.74, 6) is 1.55. The van der Waals surface area contributed by atoms with Crippen molar-refractivity contribution in [1.29, 1.82) is 0 Å². The van der Waals surface area contributed by atoms with Crippen LogP contribution in [0.1, 0.15) is 57.6 Å². The van der Waals surface area contributed by atoms with Gasteiger partial charge in [-0.3, -0.25) is 4.57 Å². The number of benzene rings is 1. The Morgan fingerprint density at radius 2 is 1.96 bits per heavy atom. The smallest absolute Gasteiger partial charge is 0.137 e. The number of pyridine rings is 1. The van der Waals surface area contributed by atoms with Gasteiger partial charge in [0.1, 0.15) is 5.82 Å². The Hall–Kier alpha value is -1.36. The first-order valence-electron chi connectivity index (χ1n) is 8.93. The van der Waals surface area contributed by atoms with E-state index in [-0.39, 0.29) is 0 Å². The molecule has 24 heavy (non-hydrogen) atoms. The Morgan fingerprint density at radius 1 is 1.08 bits per heavy atom. The lowest BCUT2D eigenvalue weighted by Crippen LogP contribution is -2.05. The van der Waals surface area contributed by atoms with E-state index in [0.717, 1.165) is 5.82 Å². The second kappa shape index (κ2) is 8.15. The minimum Gasteiger partial charge on any atom is -0.298 e. The molecule has 0 aliphatic rings. The maximum absolute atomic E-state index is 4.61. The summed E-state index contributed by atoms with van der Waals surface area (Å²) in [5.41, 5.74) is 2.63. The van der Waals surface area contributed by atoms with Crippen molar-refractivity contribution in [3.63, 3.8) is 0 Å². The van der Waals surface area contributed by atoms with Crippen molar-refractivity contribution in [2.75, 3.05) is 0 Å². The number of hydrogen-bond donors (Lipinski definition) is 0. The molecule has 1 unspecified atom stereocenters. The summed E-state index contributed by atoms with van der Waals surface area (Å²) >= 11 is 2.39. The van der Waals surface area contributed by atoms with Crippen LogP contribution in [0.15, 0.2) is 48.7 Å². The maximum Gasteiger partial charge on any atom is 0.137 e. The zero-order chi connectivity index (χ0) is 16.9. The van der Waals surface area contributed by atoms with Crippen LogP contribution in [0.2, 0.25) is 0 Å². The molecule has 126 valence electrons. The number of halogens is 1. The van der Waals surface area contributed by atoms with Crippen LogP contribution in [0.25, 0.3) is 16.7 Å². The van der Waals surface area contributed by atoms with Crippen LogP contribution in [0.4, 0.5) is 0 Å². The minimum absolute atomic E-state index is 0.536. The van der Waals surface area contributed by atoms with Gasteiger partial charge in [0, 0.05) is 20.8 Å². The van der Waals surface area contributed by atoms with Gasteiger partial charge in [-0.1, -0.05) is 45.6 Å². The molecule has 1 atom stereocenters. The van der Waals surface area contributed by atoms with Gasteiger partial charge in [-0.2, -0.15) is 0 Å². The van der Waals surface area contributed by atoms with E-state index >= 15 is 0 Å². The van der Waals surface area contributed by atoms with Gasteiger partial charge in [0.15, 0.2) is 0 Å². The summed E-state index contributed by atoms with van der Waals surface area (Å²) < 4.78 is 3.62. The zero-order valence-electron chi connectivity index (χ0n) is 14.5. The highest BCUT2D eigenvalue weighted by molar-refractivity contribution is 14.1. The topological polar surface area (TPSA) is 17.8 Å². The molecule has 0 N–H and O–H groups in total. The van der Waals surface area contributed by atoms with Crippen molar-refractivity contribution in [3.8, 4) is 5.82 Å². The Morgan fingerprint density at radius 3 is 2.71 bits per heavy atom. The maximum atomic E-state index is 4.61. The summed E-state index contributed by atoms with van der Waals surface area (Å²) in [7, 11) is 0. The molecule has 0 fully saturated rings. The molecule has 3 heteroatoms. The molecule has 0 aliphatic heterocycles. The fourth-order valence-electron chi connectivity index (χ4n) is 3.34. The van der Waals surface area contributed by atoms with Crippen molar-refractivity contribution in [3.05, 3.63) is 57.9 Å². The molecular weight excluding hydrogens is 407 g/mol. The van der Waals surface area contributed by atoms with Crippen molar-refractivity contribution < 1.29 is 0 Å². The number of aromatic nitrogens is 2. The second-order valence-corrected chi connectivity index (χ2v) is 7.79. The first kappa shape index (κ1) is 17.5. The van der Waals surface area contributed by atoms with Crippen LogP contribution >= 0.6 is 22.6 Å². The third-order valence-electron chi connectivity index (χ3n) is 4.67. The van der Waals surface area contributed by atoms with Gasteiger partial charge in [-0.15, -0.1) is 0 Å². The van der Waals surface area contributed by atoms with Crippen LogP contribution in [-0.2, 0) is 0 Å². The molecule has 0 spiro atoms. The second-order valence-electron chi connectivity index (χ2n) is 6.55. The lowest BCUT2D eigenvalue weighted by atomic mass is 9.99. The third kappa shape index (κ3) is 3.82.